The first-order valence-corrected chi connectivity index (χ1v) is 8.62. The maximum absolute atomic E-state index is 12.9. The highest BCUT2D eigenvalue weighted by Gasteiger charge is 2.36. The fourth-order valence-corrected chi connectivity index (χ4v) is 3.38. The number of thioether (sulfide) groups is 1. The second-order valence-electron chi connectivity index (χ2n) is 5.16. The molecular weight excluding hydrogens is 417 g/mol. The molecule has 0 aromatic heterocycles. The standard InChI is InChI=1S/C17H10BrF3N2OS/c18-12-6-4-10(5-7-12)8-14-15(24)23(16(22)25-14)13-3-1-2-11(9-13)17(19,20)21/h1-9,22H. The predicted octanol–water partition coefficient (Wildman–Crippen LogP) is 5.52. The Morgan fingerprint density at radius 2 is 1.80 bits per heavy atom. The highest BCUT2D eigenvalue weighted by molar-refractivity contribution is 9.10. The summed E-state index contributed by atoms with van der Waals surface area (Å²) in [4.78, 5) is 13.8. The van der Waals surface area contributed by atoms with Gasteiger partial charge in [-0.15, -0.1) is 0 Å². The number of benzene rings is 2. The van der Waals surface area contributed by atoms with Gasteiger partial charge in [-0.05, 0) is 53.7 Å². The molecule has 0 spiro atoms. The highest BCUT2D eigenvalue weighted by Crippen LogP contribution is 2.37. The number of anilines is 1. The van der Waals surface area contributed by atoms with Crippen LogP contribution in [-0.4, -0.2) is 11.1 Å². The van der Waals surface area contributed by atoms with Crippen LogP contribution in [0.4, 0.5) is 18.9 Å². The summed E-state index contributed by atoms with van der Waals surface area (Å²) in [5.74, 6) is -0.516. The molecule has 128 valence electrons. The Hall–Kier alpha value is -2.06. The van der Waals surface area contributed by atoms with Crippen molar-refractivity contribution in [2.75, 3.05) is 4.90 Å². The van der Waals surface area contributed by atoms with Crippen LogP contribution in [-0.2, 0) is 11.0 Å². The third kappa shape index (κ3) is 3.80. The van der Waals surface area contributed by atoms with E-state index in [2.05, 4.69) is 15.9 Å². The number of alkyl halides is 3. The smallest absolute Gasteiger partial charge is 0.278 e. The number of hydrogen-bond acceptors (Lipinski definition) is 3. The van der Waals surface area contributed by atoms with Crippen molar-refractivity contribution in [3.8, 4) is 0 Å². The summed E-state index contributed by atoms with van der Waals surface area (Å²) in [6, 6.07) is 11.6. The highest BCUT2D eigenvalue weighted by atomic mass is 79.9. The van der Waals surface area contributed by atoms with E-state index in [4.69, 9.17) is 5.41 Å². The van der Waals surface area contributed by atoms with Crippen molar-refractivity contribution in [2.24, 2.45) is 0 Å². The Labute approximate surface area is 154 Å². The Morgan fingerprint density at radius 3 is 2.44 bits per heavy atom. The lowest BCUT2D eigenvalue weighted by atomic mass is 10.1. The number of carbonyl (C=O) groups excluding carboxylic acids is 1. The van der Waals surface area contributed by atoms with Crippen LogP contribution in [0.25, 0.3) is 6.08 Å². The lowest BCUT2D eigenvalue weighted by Crippen LogP contribution is -2.28. The van der Waals surface area contributed by atoms with Gasteiger partial charge < -0.3 is 0 Å². The summed E-state index contributed by atoms with van der Waals surface area (Å²) in [6.45, 7) is 0. The number of amides is 1. The lowest BCUT2D eigenvalue weighted by molar-refractivity contribution is -0.137. The molecule has 3 nitrogen and oxygen atoms in total. The Morgan fingerprint density at radius 1 is 1.12 bits per heavy atom. The van der Waals surface area contributed by atoms with E-state index in [0.717, 1.165) is 38.8 Å². The van der Waals surface area contributed by atoms with Gasteiger partial charge in [-0.1, -0.05) is 34.1 Å². The molecule has 1 aliphatic heterocycles. The van der Waals surface area contributed by atoms with Gasteiger partial charge in [0.2, 0.25) is 0 Å². The normalized spacial score (nSPS) is 16.8. The summed E-state index contributed by atoms with van der Waals surface area (Å²) in [5.41, 5.74) is -0.0739. The molecule has 0 radical (unpaired) electrons. The minimum absolute atomic E-state index is 0.0246. The monoisotopic (exact) mass is 426 g/mol. The van der Waals surface area contributed by atoms with Crippen molar-refractivity contribution in [2.45, 2.75) is 6.18 Å². The quantitative estimate of drug-likeness (QED) is 0.642. The predicted molar refractivity (Wildman–Crippen MR) is 96.4 cm³/mol. The maximum Gasteiger partial charge on any atom is 0.416 e. The second kappa shape index (κ2) is 6.68. The summed E-state index contributed by atoms with van der Waals surface area (Å²) in [7, 11) is 0. The Balaban J connectivity index is 1.93. The molecule has 2 aromatic rings. The van der Waals surface area contributed by atoms with Crippen LogP contribution >= 0.6 is 27.7 Å². The van der Waals surface area contributed by atoms with Gasteiger partial charge in [0.1, 0.15) is 0 Å². The van der Waals surface area contributed by atoms with Gasteiger partial charge >= 0.3 is 6.18 Å². The van der Waals surface area contributed by atoms with Crippen molar-refractivity contribution in [3.63, 3.8) is 0 Å². The van der Waals surface area contributed by atoms with Crippen molar-refractivity contribution < 1.29 is 18.0 Å². The SMILES string of the molecule is N=C1SC(=Cc2ccc(Br)cc2)C(=O)N1c1cccc(C(F)(F)F)c1. The Bertz CT molecular complexity index is 878. The fourth-order valence-electron chi connectivity index (χ4n) is 2.25. The van der Waals surface area contributed by atoms with Gasteiger partial charge in [-0.25, -0.2) is 0 Å². The second-order valence-corrected chi connectivity index (χ2v) is 7.10. The van der Waals surface area contributed by atoms with Crippen molar-refractivity contribution in [3.05, 3.63) is 69.0 Å². The van der Waals surface area contributed by atoms with Crippen LogP contribution < -0.4 is 4.90 Å². The van der Waals surface area contributed by atoms with Gasteiger partial charge in [-0.2, -0.15) is 13.2 Å². The molecule has 0 bridgehead atoms. The van der Waals surface area contributed by atoms with E-state index < -0.39 is 17.6 Å². The lowest BCUT2D eigenvalue weighted by Gasteiger charge is -2.16. The van der Waals surface area contributed by atoms with Crippen LogP contribution in [0.3, 0.4) is 0 Å². The number of halogens is 4. The van der Waals surface area contributed by atoms with Gasteiger partial charge in [0.25, 0.3) is 5.91 Å². The summed E-state index contributed by atoms with van der Waals surface area (Å²) < 4.78 is 39.5. The van der Waals surface area contributed by atoms with E-state index >= 15 is 0 Å². The van der Waals surface area contributed by atoms with Crippen LogP contribution in [0.1, 0.15) is 11.1 Å². The summed E-state index contributed by atoms with van der Waals surface area (Å²) in [5, 5.41) is 7.84. The van der Waals surface area contributed by atoms with E-state index in [1.54, 1.807) is 18.2 Å². The number of rotatable bonds is 2. The molecule has 1 fully saturated rings. The molecule has 8 heteroatoms. The van der Waals surface area contributed by atoms with Crippen LogP contribution in [0, 0.1) is 5.41 Å². The number of hydrogen-bond donors (Lipinski definition) is 1. The zero-order valence-electron chi connectivity index (χ0n) is 12.5. The van der Waals surface area contributed by atoms with E-state index in [-0.39, 0.29) is 15.8 Å². The first kappa shape index (κ1) is 17.8. The molecule has 0 atom stereocenters. The summed E-state index contributed by atoms with van der Waals surface area (Å²) in [6.07, 6.45) is -2.90. The molecule has 1 aliphatic rings. The van der Waals surface area contributed by atoms with Crippen LogP contribution in [0.5, 0.6) is 0 Å². The zero-order valence-corrected chi connectivity index (χ0v) is 14.9. The van der Waals surface area contributed by atoms with Crippen LogP contribution in [0.15, 0.2) is 57.9 Å². The number of amidine groups is 1. The molecule has 1 saturated heterocycles. The molecule has 1 heterocycles. The first-order chi connectivity index (χ1) is 11.8. The molecule has 1 N–H and O–H groups in total. The van der Waals surface area contributed by atoms with Crippen molar-refractivity contribution >= 4 is 50.5 Å². The molecule has 2 aromatic carbocycles. The average Bonchev–Trinajstić information content (AvgIpc) is 2.83. The van der Waals surface area contributed by atoms with Crippen LogP contribution in [0.2, 0.25) is 0 Å². The molecule has 0 unspecified atom stereocenters. The third-order valence-electron chi connectivity index (χ3n) is 3.42. The maximum atomic E-state index is 12.9. The topological polar surface area (TPSA) is 44.2 Å². The molecule has 25 heavy (non-hydrogen) atoms. The van der Waals surface area contributed by atoms with Gasteiger partial charge in [0, 0.05) is 4.47 Å². The van der Waals surface area contributed by atoms with Gasteiger partial charge in [0.05, 0.1) is 16.2 Å². The van der Waals surface area contributed by atoms with E-state index in [1.165, 1.54) is 12.1 Å². The first-order valence-electron chi connectivity index (χ1n) is 7.01. The number of nitrogens with zero attached hydrogens (tertiary/aromatic N) is 1. The minimum atomic E-state index is -4.51. The van der Waals surface area contributed by atoms with Gasteiger partial charge in [0.15, 0.2) is 5.17 Å². The van der Waals surface area contributed by atoms with Crippen molar-refractivity contribution in [1.29, 1.82) is 5.41 Å². The van der Waals surface area contributed by atoms with E-state index in [9.17, 15) is 18.0 Å². The minimum Gasteiger partial charge on any atom is -0.278 e. The number of carbonyl (C=O) groups is 1. The summed E-state index contributed by atoms with van der Waals surface area (Å²) >= 11 is 4.23. The molecular formula is C17H10BrF3N2OS. The van der Waals surface area contributed by atoms with Crippen molar-refractivity contribution in [1.82, 2.24) is 0 Å². The molecule has 0 saturated carbocycles. The van der Waals surface area contributed by atoms with E-state index in [1.807, 2.05) is 12.1 Å². The zero-order chi connectivity index (χ0) is 18.2. The number of nitrogens with one attached hydrogen (secondary N) is 1. The fraction of sp³-hybridized carbons (Fsp3) is 0.0588. The molecule has 1 amide bonds. The van der Waals surface area contributed by atoms with Gasteiger partial charge in [-0.3, -0.25) is 15.1 Å². The average molecular weight is 427 g/mol. The third-order valence-corrected chi connectivity index (χ3v) is 4.84. The van der Waals surface area contributed by atoms with E-state index in [0.29, 0.717) is 0 Å². The largest absolute Gasteiger partial charge is 0.416 e. The molecule has 3 rings (SSSR count). The Kier molecular flexibility index (Phi) is 4.75. The molecule has 0 aliphatic carbocycles.